The number of aliphatic hydroxyl groups excluding tert-OH is 2. The molecule has 56 heavy (non-hydrogen) atoms. The molecule has 5 rings (SSSR count). The van der Waals surface area contributed by atoms with Gasteiger partial charge in [-0.05, 0) is 80.8 Å². The highest BCUT2D eigenvalue weighted by molar-refractivity contribution is 5.91. The summed E-state index contributed by atoms with van der Waals surface area (Å²) in [6, 6.07) is -0.686. The Kier molecular flexibility index (Phi) is 14.0. The Hall–Kier alpha value is -1.95. The lowest BCUT2D eigenvalue weighted by molar-refractivity contribution is -0.319. The number of esters is 1. The molecule has 2 bridgehead atoms. The van der Waals surface area contributed by atoms with E-state index in [2.05, 4.69) is 13.8 Å². The number of cyclic esters (lactones) is 1. The molecule has 0 aromatic heterocycles. The van der Waals surface area contributed by atoms with Crippen molar-refractivity contribution in [2.75, 3.05) is 41.4 Å². The van der Waals surface area contributed by atoms with Gasteiger partial charge in [-0.2, -0.15) is 0 Å². The molecule has 18 atom stereocenters. The normalized spacial score (nSPS) is 48.1. The van der Waals surface area contributed by atoms with E-state index in [9.17, 15) is 19.8 Å². The Morgan fingerprint density at radius 2 is 1.59 bits per heavy atom. The Balaban J connectivity index is 1.65. The summed E-state index contributed by atoms with van der Waals surface area (Å²) < 4.78 is 51.5. The molecule has 5 heterocycles. The second-order valence-electron chi connectivity index (χ2n) is 18.1. The molecule has 0 aliphatic carbocycles. The molecule has 4 fully saturated rings. The number of hydrogen-bond donors (Lipinski definition) is 2. The van der Waals surface area contributed by atoms with Crippen LogP contribution < -0.4 is 0 Å². The second kappa shape index (κ2) is 17.3. The predicted molar refractivity (Wildman–Crippen MR) is 207 cm³/mol. The third kappa shape index (κ3) is 8.40. The number of fused-ring (bicyclic) bond motifs is 1. The summed E-state index contributed by atoms with van der Waals surface area (Å²) in [6.45, 7) is 19.9. The van der Waals surface area contributed by atoms with Gasteiger partial charge < -0.3 is 53.0 Å². The molecule has 0 saturated carbocycles. The number of hydrogen-bond acceptors (Lipinski definition) is 14. The molecular formula is C41H71N3O12. The van der Waals surface area contributed by atoms with Crippen molar-refractivity contribution in [1.82, 2.24) is 9.80 Å². The van der Waals surface area contributed by atoms with E-state index >= 15 is 0 Å². The number of likely N-dealkylation sites (N-methyl/N-ethyl adjacent to an activating group) is 1. The third-order valence-electron chi connectivity index (χ3n) is 13.8. The number of rotatable bonds is 8. The maximum absolute atomic E-state index is 14.6. The summed E-state index contributed by atoms with van der Waals surface area (Å²) in [4.78, 5) is 37.0. The van der Waals surface area contributed by atoms with Gasteiger partial charge >= 0.3 is 12.1 Å². The predicted octanol–water partition coefficient (Wildman–Crippen LogP) is 3.79. The quantitative estimate of drug-likeness (QED) is 0.341. The lowest BCUT2D eigenvalue weighted by Crippen LogP contribution is -2.61. The zero-order valence-corrected chi connectivity index (χ0v) is 36.2. The molecule has 5 aliphatic rings. The van der Waals surface area contributed by atoms with Crippen LogP contribution in [0.4, 0.5) is 4.79 Å². The van der Waals surface area contributed by atoms with E-state index in [1.807, 2.05) is 60.5 Å². The van der Waals surface area contributed by atoms with Crippen molar-refractivity contribution >= 4 is 17.8 Å². The van der Waals surface area contributed by atoms with E-state index in [-0.39, 0.29) is 30.4 Å². The Morgan fingerprint density at radius 1 is 0.929 bits per heavy atom. The minimum absolute atomic E-state index is 0.160. The number of methoxy groups -OCH3 is 2. The van der Waals surface area contributed by atoms with Crippen molar-refractivity contribution in [2.45, 2.75) is 179 Å². The fourth-order valence-corrected chi connectivity index (χ4v) is 10.5. The fourth-order valence-electron chi connectivity index (χ4n) is 10.5. The highest BCUT2D eigenvalue weighted by Gasteiger charge is 2.61. The molecule has 5 aliphatic heterocycles. The van der Waals surface area contributed by atoms with Crippen LogP contribution in [0.15, 0.2) is 4.99 Å². The van der Waals surface area contributed by atoms with Gasteiger partial charge in [0.05, 0.1) is 54.1 Å². The van der Waals surface area contributed by atoms with Crippen molar-refractivity contribution < 1.29 is 57.7 Å². The lowest BCUT2D eigenvalue weighted by atomic mass is 9.72. The molecular weight excluding hydrogens is 726 g/mol. The van der Waals surface area contributed by atoms with E-state index in [0.717, 1.165) is 5.71 Å². The highest BCUT2D eigenvalue weighted by atomic mass is 16.7. The van der Waals surface area contributed by atoms with Crippen molar-refractivity contribution in [1.29, 1.82) is 0 Å². The number of carbonyl (C=O) groups excluding carboxylic acids is 2. The van der Waals surface area contributed by atoms with Gasteiger partial charge in [-0.3, -0.25) is 14.7 Å². The molecule has 4 saturated heterocycles. The summed E-state index contributed by atoms with van der Waals surface area (Å²) in [5.74, 6) is -2.46. The summed E-state index contributed by atoms with van der Waals surface area (Å²) in [5.41, 5.74) is -2.31. The lowest BCUT2D eigenvalue weighted by Gasteiger charge is -2.50. The van der Waals surface area contributed by atoms with Gasteiger partial charge in [-0.1, -0.05) is 27.7 Å². The molecule has 322 valence electrons. The topological polar surface area (TPSA) is 167 Å². The van der Waals surface area contributed by atoms with Gasteiger partial charge in [0.15, 0.2) is 18.2 Å². The van der Waals surface area contributed by atoms with Gasteiger partial charge in [0.25, 0.3) is 0 Å². The Bertz CT molecular complexity index is 1420. The number of nitrogens with zero attached hydrogens (tertiary/aromatic N) is 3. The van der Waals surface area contributed by atoms with E-state index in [4.69, 9.17) is 42.9 Å². The summed E-state index contributed by atoms with van der Waals surface area (Å²) in [6.07, 6.45) is -6.03. The number of ether oxygens (including phenoxy) is 8. The first-order chi connectivity index (χ1) is 26.2. The van der Waals surface area contributed by atoms with Gasteiger partial charge in [0.2, 0.25) is 0 Å². The molecule has 0 spiro atoms. The van der Waals surface area contributed by atoms with Crippen LogP contribution in [0.1, 0.15) is 94.9 Å². The Morgan fingerprint density at radius 3 is 2.20 bits per heavy atom. The van der Waals surface area contributed by atoms with E-state index < -0.39 is 95.9 Å². The number of aliphatic hydroxyl groups is 2. The first-order valence-electron chi connectivity index (χ1n) is 20.6. The molecule has 0 unspecified atom stereocenters. The third-order valence-corrected chi connectivity index (χ3v) is 13.8. The fraction of sp³-hybridized carbons (Fsp3) is 0.927. The largest absolute Gasteiger partial charge is 0.458 e. The summed E-state index contributed by atoms with van der Waals surface area (Å²) >= 11 is 0. The van der Waals surface area contributed by atoms with Crippen LogP contribution in [0.25, 0.3) is 0 Å². The van der Waals surface area contributed by atoms with Crippen molar-refractivity contribution in [3.8, 4) is 0 Å². The smallest absolute Gasteiger partial charge is 0.410 e. The van der Waals surface area contributed by atoms with Crippen LogP contribution in [0.3, 0.4) is 0 Å². The van der Waals surface area contributed by atoms with Crippen molar-refractivity contribution in [3.05, 3.63) is 0 Å². The van der Waals surface area contributed by atoms with Crippen LogP contribution in [0.2, 0.25) is 0 Å². The van der Waals surface area contributed by atoms with Gasteiger partial charge in [-0.15, -0.1) is 0 Å². The van der Waals surface area contributed by atoms with Crippen molar-refractivity contribution in [2.24, 2.45) is 28.7 Å². The maximum Gasteiger partial charge on any atom is 0.410 e. The summed E-state index contributed by atoms with van der Waals surface area (Å²) in [5, 5.41) is 22.8. The first-order valence-corrected chi connectivity index (χ1v) is 20.6. The van der Waals surface area contributed by atoms with Crippen LogP contribution in [-0.2, 0) is 42.7 Å². The summed E-state index contributed by atoms with van der Waals surface area (Å²) in [7, 11) is 7.03. The molecule has 15 nitrogen and oxygen atoms in total. The standard InChI is InChI=1S/C41H71N3O12/c1-15-28-41(10)33-23(4)30(42-16-17-44(33)38(48)56-41)21(2)19-40(9,50-14)35(55-37-31(45)27(43(11)12)18-22(3)51-37)24(5)32(25(6)36(47)53-28)54-29-20-39(8,49-13)34(46)26(7)52-29/h21-29,31-35,37,45-46H,15-20H2,1-14H3/t21-,22-,23+,24+,25-,26+,27+,28-,29+,31-,32+,33-,34+,35-,37+,39-,40-,41-/m1/s1. The zero-order valence-electron chi connectivity index (χ0n) is 36.2. The van der Waals surface area contributed by atoms with Crippen LogP contribution in [0, 0.1) is 23.7 Å². The van der Waals surface area contributed by atoms with E-state index in [1.165, 1.54) is 0 Å². The molecule has 15 heteroatoms. The molecule has 0 aromatic carbocycles. The zero-order chi connectivity index (χ0) is 41.7. The molecule has 1 amide bonds. The molecule has 0 aromatic rings. The van der Waals surface area contributed by atoms with E-state index in [0.29, 0.717) is 32.4 Å². The monoisotopic (exact) mass is 798 g/mol. The SMILES string of the molecule is CC[C@H]1OC(=O)[C@H](C)[C@@H](O[C@H]2C[C@@](C)(OC)[C@@H](O)[C@H](C)O2)[C@H](C)[C@@H](O[C@@H]2O[C@H](C)C[C@H](N(C)C)[C@H]2O)[C@](C)(OC)C[C@@H](C)C2=NCCN3C(=O)O[C@@]1(C)[C@H]3[C@H]2C. The van der Waals surface area contributed by atoms with Gasteiger partial charge in [0.1, 0.15) is 18.3 Å². The highest BCUT2D eigenvalue weighted by Crippen LogP contribution is 2.45. The van der Waals surface area contributed by atoms with Crippen molar-refractivity contribution in [3.63, 3.8) is 0 Å². The molecule has 0 radical (unpaired) electrons. The number of amides is 1. The van der Waals surface area contributed by atoms with Gasteiger partial charge in [0, 0.05) is 50.8 Å². The van der Waals surface area contributed by atoms with E-state index in [1.54, 1.807) is 33.0 Å². The maximum atomic E-state index is 14.6. The van der Waals surface area contributed by atoms with Crippen LogP contribution in [0.5, 0.6) is 0 Å². The first kappa shape index (κ1) is 45.1. The molecule has 2 N–H and O–H groups in total. The minimum atomic E-state index is -1.17. The van der Waals surface area contributed by atoms with Crippen LogP contribution >= 0.6 is 0 Å². The number of carbonyl (C=O) groups is 2. The number of aliphatic imine (C=N–C) groups is 1. The average Bonchev–Trinajstić information content (AvgIpc) is 3.27. The minimum Gasteiger partial charge on any atom is -0.458 e. The second-order valence-corrected chi connectivity index (χ2v) is 18.1. The average molecular weight is 798 g/mol. The van der Waals surface area contributed by atoms with Crippen LogP contribution in [-0.4, -0.2) is 163 Å². The Labute approximate surface area is 334 Å². The van der Waals surface area contributed by atoms with Gasteiger partial charge in [-0.25, -0.2) is 4.79 Å².